The van der Waals surface area contributed by atoms with Gasteiger partial charge >= 0.3 is 0 Å². The summed E-state index contributed by atoms with van der Waals surface area (Å²) in [7, 11) is 4.10. The highest BCUT2D eigenvalue weighted by molar-refractivity contribution is 6.31. The van der Waals surface area contributed by atoms with Gasteiger partial charge in [0.1, 0.15) is 0 Å². The van der Waals surface area contributed by atoms with Gasteiger partial charge in [-0.15, -0.1) is 0 Å². The summed E-state index contributed by atoms with van der Waals surface area (Å²) in [6, 6.07) is 14.5. The number of halogens is 1. The number of rotatable bonds is 7. The highest BCUT2D eigenvalue weighted by Crippen LogP contribution is 2.35. The number of hydrogen-bond donors (Lipinski definition) is 2. The molecule has 0 bridgehead atoms. The summed E-state index contributed by atoms with van der Waals surface area (Å²) in [5.74, 6) is 0. The number of nitrogens with one attached hydrogen (secondary N) is 2. The van der Waals surface area contributed by atoms with Crippen LogP contribution in [0.3, 0.4) is 0 Å². The first-order chi connectivity index (χ1) is 13.7. The minimum atomic E-state index is 0.138. The Bertz CT molecular complexity index is 959. The Balaban J connectivity index is 1.90. The molecule has 154 valence electrons. The van der Waals surface area contributed by atoms with Gasteiger partial charge in [0.2, 0.25) is 0 Å². The third kappa shape index (κ3) is 5.62. The molecule has 1 heterocycles. The second-order valence-corrected chi connectivity index (χ2v) is 9.04. The molecule has 2 N–H and O–H groups in total. The summed E-state index contributed by atoms with van der Waals surface area (Å²) >= 11 is 6.19. The summed E-state index contributed by atoms with van der Waals surface area (Å²) in [4.78, 5) is 6.77. The van der Waals surface area contributed by atoms with E-state index in [2.05, 4.69) is 85.7 Å². The largest absolute Gasteiger partial charge is 0.384 e. The SMILES string of the molecule is CN(C)c1ccc(-c2cnc3cc(Cl)ccc3c2NCCCNC(C)(C)C)cc1. The third-order valence-corrected chi connectivity index (χ3v) is 5.07. The highest BCUT2D eigenvalue weighted by Gasteiger charge is 2.12. The molecule has 0 aliphatic rings. The van der Waals surface area contributed by atoms with Gasteiger partial charge in [0.15, 0.2) is 0 Å². The Morgan fingerprint density at radius 3 is 2.38 bits per heavy atom. The third-order valence-electron chi connectivity index (χ3n) is 4.84. The minimum absolute atomic E-state index is 0.138. The molecule has 0 spiro atoms. The van der Waals surface area contributed by atoms with Crippen molar-refractivity contribution in [1.29, 1.82) is 0 Å². The number of pyridine rings is 1. The summed E-state index contributed by atoms with van der Waals surface area (Å²) < 4.78 is 0. The topological polar surface area (TPSA) is 40.2 Å². The fourth-order valence-corrected chi connectivity index (χ4v) is 3.45. The number of benzene rings is 2. The molecule has 5 heteroatoms. The molecule has 0 saturated heterocycles. The number of anilines is 2. The molecule has 0 radical (unpaired) electrons. The first-order valence-corrected chi connectivity index (χ1v) is 10.5. The van der Waals surface area contributed by atoms with E-state index < -0.39 is 0 Å². The van der Waals surface area contributed by atoms with Crippen molar-refractivity contribution in [2.75, 3.05) is 37.4 Å². The number of nitrogens with zero attached hydrogens (tertiary/aromatic N) is 2. The van der Waals surface area contributed by atoms with Crippen LogP contribution in [0.2, 0.25) is 5.02 Å². The monoisotopic (exact) mass is 410 g/mol. The van der Waals surface area contributed by atoms with Crippen molar-refractivity contribution in [1.82, 2.24) is 10.3 Å². The lowest BCUT2D eigenvalue weighted by Gasteiger charge is -2.21. The van der Waals surface area contributed by atoms with Crippen LogP contribution in [0.25, 0.3) is 22.0 Å². The second kappa shape index (κ2) is 9.02. The number of hydrogen-bond acceptors (Lipinski definition) is 4. The molecule has 3 rings (SSSR count). The van der Waals surface area contributed by atoms with Crippen LogP contribution in [0.4, 0.5) is 11.4 Å². The van der Waals surface area contributed by atoms with E-state index in [1.54, 1.807) is 0 Å². The zero-order valence-electron chi connectivity index (χ0n) is 18.0. The molecule has 0 aliphatic heterocycles. The van der Waals surface area contributed by atoms with Gasteiger partial charge in [-0.3, -0.25) is 4.98 Å². The molecular weight excluding hydrogens is 380 g/mol. The molecule has 1 aromatic heterocycles. The van der Waals surface area contributed by atoms with Crippen LogP contribution in [0.15, 0.2) is 48.7 Å². The van der Waals surface area contributed by atoms with Crippen molar-refractivity contribution >= 4 is 33.9 Å². The first-order valence-electron chi connectivity index (χ1n) is 10.1. The molecule has 0 amide bonds. The summed E-state index contributed by atoms with van der Waals surface area (Å²) in [6.45, 7) is 8.42. The van der Waals surface area contributed by atoms with E-state index in [4.69, 9.17) is 11.6 Å². The molecular formula is C24H31ClN4. The van der Waals surface area contributed by atoms with E-state index >= 15 is 0 Å². The van der Waals surface area contributed by atoms with Crippen LogP contribution in [-0.4, -0.2) is 37.7 Å². The van der Waals surface area contributed by atoms with Crippen LogP contribution < -0.4 is 15.5 Å². The van der Waals surface area contributed by atoms with Crippen molar-refractivity contribution in [2.24, 2.45) is 0 Å². The fourth-order valence-electron chi connectivity index (χ4n) is 3.28. The van der Waals surface area contributed by atoms with Crippen LogP contribution >= 0.6 is 11.6 Å². The van der Waals surface area contributed by atoms with E-state index in [-0.39, 0.29) is 5.54 Å². The molecule has 0 atom stereocenters. The maximum absolute atomic E-state index is 6.19. The van der Waals surface area contributed by atoms with Crippen LogP contribution in [-0.2, 0) is 0 Å². The summed E-state index contributed by atoms with van der Waals surface area (Å²) in [5.41, 5.74) is 5.59. The Morgan fingerprint density at radius 2 is 1.72 bits per heavy atom. The predicted molar refractivity (Wildman–Crippen MR) is 127 cm³/mol. The zero-order chi connectivity index (χ0) is 21.0. The maximum Gasteiger partial charge on any atom is 0.0738 e. The van der Waals surface area contributed by atoms with E-state index in [1.807, 2.05) is 18.3 Å². The van der Waals surface area contributed by atoms with Crippen molar-refractivity contribution in [3.05, 3.63) is 53.7 Å². The lowest BCUT2D eigenvalue weighted by atomic mass is 10.0. The summed E-state index contributed by atoms with van der Waals surface area (Å²) in [6.07, 6.45) is 2.98. The molecule has 0 fully saturated rings. The van der Waals surface area contributed by atoms with Gasteiger partial charge in [-0.05, 0) is 69.6 Å². The van der Waals surface area contributed by atoms with E-state index in [0.717, 1.165) is 47.2 Å². The Labute approximate surface area is 179 Å². The average molecular weight is 411 g/mol. The molecule has 0 saturated carbocycles. The minimum Gasteiger partial charge on any atom is -0.384 e. The lowest BCUT2D eigenvalue weighted by Crippen LogP contribution is -2.36. The normalized spacial score (nSPS) is 11.7. The van der Waals surface area contributed by atoms with E-state index in [9.17, 15) is 0 Å². The number of fused-ring (bicyclic) bond motifs is 1. The van der Waals surface area contributed by atoms with Gasteiger partial charge in [-0.1, -0.05) is 23.7 Å². The molecule has 0 aliphatic carbocycles. The van der Waals surface area contributed by atoms with Crippen LogP contribution in [0, 0.1) is 0 Å². The average Bonchev–Trinajstić information content (AvgIpc) is 2.66. The molecule has 4 nitrogen and oxygen atoms in total. The molecule has 0 unspecified atom stereocenters. The number of aromatic nitrogens is 1. The van der Waals surface area contributed by atoms with Gasteiger partial charge in [-0.25, -0.2) is 0 Å². The molecule has 3 aromatic rings. The van der Waals surface area contributed by atoms with Gasteiger partial charge in [-0.2, -0.15) is 0 Å². The van der Waals surface area contributed by atoms with Gasteiger partial charge in [0.25, 0.3) is 0 Å². The summed E-state index contributed by atoms with van der Waals surface area (Å²) in [5, 5.41) is 9.00. The van der Waals surface area contributed by atoms with Crippen LogP contribution in [0.5, 0.6) is 0 Å². The Hall–Kier alpha value is -2.30. The molecule has 2 aromatic carbocycles. The van der Waals surface area contributed by atoms with Gasteiger partial charge in [0.05, 0.1) is 11.2 Å². The van der Waals surface area contributed by atoms with Crippen molar-refractivity contribution < 1.29 is 0 Å². The fraction of sp³-hybridized carbons (Fsp3) is 0.375. The highest BCUT2D eigenvalue weighted by atomic mass is 35.5. The molecule has 29 heavy (non-hydrogen) atoms. The standard InChI is InChI=1S/C24H31ClN4/c1-24(2,3)28-14-6-13-26-23-20-12-9-18(25)15-22(20)27-16-21(23)17-7-10-19(11-8-17)29(4)5/h7-12,15-16,28H,6,13-14H2,1-5H3,(H,26,27). The maximum atomic E-state index is 6.19. The van der Waals surface area contributed by atoms with Crippen LogP contribution in [0.1, 0.15) is 27.2 Å². The van der Waals surface area contributed by atoms with Gasteiger partial charge < -0.3 is 15.5 Å². The zero-order valence-corrected chi connectivity index (χ0v) is 18.8. The van der Waals surface area contributed by atoms with E-state index in [0.29, 0.717) is 5.02 Å². The Kier molecular flexibility index (Phi) is 6.66. The van der Waals surface area contributed by atoms with Crippen molar-refractivity contribution in [3.8, 4) is 11.1 Å². The smallest absolute Gasteiger partial charge is 0.0738 e. The van der Waals surface area contributed by atoms with E-state index in [1.165, 1.54) is 5.69 Å². The Morgan fingerprint density at radius 1 is 1.00 bits per heavy atom. The quantitative estimate of drug-likeness (QED) is 0.482. The predicted octanol–water partition coefficient (Wildman–Crippen LogP) is 5.81. The van der Waals surface area contributed by atoms with Crippen molar-refractivity contribution in [3.63, 3.8) is 0 Å². The second-order valence-electron chi connectivity index (χ2n) is 8.61. The van der Waals surface area contributed by atoms with Gasteiger partial charge in [0, 0.05) is 54.0 Å². The lowest BCUT2D eigenvalue weighted by molar-refractivity contribution is 0.425. The first kappa shape index (κ1) is 21.4. The van der Waals surface area contributed by atoms with Crippen molar-refractivity contribution in [2.45, 2.75) is 32.7 Å².